The fourth-order valence-corrected chi connectivity index (χ4v) is 1.47. The molecule has 1 heterocycles. The van der Waals surface area contributed by atoms with Gasteiger partial charge in [0.2, 0.25) is 0 Å². The van der Waals surface area contributed by atoms with E-state index in [4.69, 9.17) is 4.74 Å². The zero-order chi connectivity index (χ0) is 8.48. The molecule has 1 aliphatic rings. The van der Waals surface area contributed by atoms with Gasteiger partial charge in [-0.1, -0.05) is 20.8 Å². The highest BCUT2D eigenvalue weighted by atomic mass is 16.5. The Morgan fingerprint density at radius 2 is 1.91 bits per heavy atom. The van der Waals surface area contributed by atoms with Crippen LogP contribution in [0.2, 0.25) is 0 Å². The monoisotopic (exact) mass is 157 g/mol. The highest BCUT2D eigenvalue weighted by molar-refractivity contribution is 4.83. The molecule has 1 saturated heterocycles. The van der Waals surface area contributed by atoms with Gasteiger partial charge in [0, 0.05) is 26.7 Å². The van der Waals surface area contributed by atoms with Crippen LogP contribution < -0.4 is 0 Å². The Hall–Kier alpha value is -0.0800. The van der Waals surface area contributed by atoms with Crippen LogP contribution in [0.15, 0.2) is 0 Å². The number of likely N-dealkylation sites (tertiary alicyclic amines) is 1. The molecule has 0 aliphatic carbocycles. The molecular formula is C9H19NO. The highest BCUT2D eigenvalue weighted by Crippen LogP contribution is 2.20. The third-order valence-corrected chi connectivity index (χ3v) is 1.95. The van der Waals surface area contributed by atoms with Gasteiger partial charge < -0.3 is 4.74 Å². The molecule has 1 aliphatic heterocycles. The van der Waals surface area contributed by atoms with E-state index < -0.39 is 0 Å². The van der Waals surface area contributed by atoms with Crippen molar-refractivity contribution < 1.29 is 4.74 Å². The number of methoxy groups -OCH3 is 1. The first-order chi connectivity index (χ1) is 5.01. The quantitative estimate of drug-likeness (QED) is 0.600. The molecule has 11 heavy (non-hydrogen) atoms. The first-order valence-electron chi connectivity index (χ1n) is 4.26. The van der Waals surface area contributed by atoms with Crippen LogP contribution in [0.4, 0.5) is 0 Å². The molecule has 0 bridgehead atoms. The Balaban J connectivity index is 2.14. The van der Waals surface area contributed by atoms with Gasteiger partial charge in [0.15, 0.2) is 0 Å². The second kappa shape index (κ2) is 3.11. The highest BCUT2D eigenvalue weighted by Gasteiger charge is 2.29. The van der Waals surface area contributed by atoms with Crippen molar-refractivity contribution in [2.45, 2.75) is 26.9 Å². The van der Waals surface area contributed by atoms with Gasteiger partial charge in [-0.05, 0) is 5.41 Å². The second-order valence-electron chi connectivity index (χ2n) is 4.61. The van der Waals surface area contributed by atoms with Crippen molar-refractivity contribution in [3.63, 3.8) is 0 Å². The normalized spacial score (nSPS) is 21.8. The Morgan fingerprint density at radius 3 is 2.27 bits per heavy atom. The molecule has 1 rings (SSSR count). The fraction of sp³-hybridized carbons (Fsp3) is 1.00. The van der Waals surface area contributed by atoms with E-state index >= 15 is 0 Å². The van der Waals surface area contributed by atoms with Crippen LogP contribution in [0.1, 0.15) is 20.8 Å². The van der Waals surface area contributed by atoms with Crippen LogP contribution in [-0.4, -0.2) is 37.7 Å². The van der Waals surface area contributed by atoms with Crippen LogP contribution in [0, 0.1) is 5.41 Å². The van der Waals surface area contributed by atoms with Gasteiger partial charge >= 0.3 is 0 Å². The van der Waals surface area contributed by atoms with Gasteiger partial charge in [0.05, 0.1) is 6.10 Å². The number of hydrogen-bond donors (Lipinski definition) is 0. The molecule has 0 radical (unpaired) electrons. The molecule has 0 spiro atoms. The predicted molar refractivity (Wildman–Crippen MR) is 46.7 cm³/mol. The number of nitrogens with zero attached hydrogens (tertiary/aromatic N) is 1. The van der Waals surface area contributed by atoms with Crippen molar-refractivity contribution in [2.75, 3.05) is 26.7 Å². The minimum atomic E-state index is 0.429. The lowest BCUT2D eigenvalue weighted by atomic mass is 9.94. The maximum atomic E-state index is 5.19. The maximum Gasteiger partial charge on any atom is 0.0824 e. The summed E-state index contributed by atoms with van der Waals surface area (Å²) < 4.78 is 5.19. The Labute approximate surface area is 69.5 Å². The van der Waals surface area contributed by atoms with Crippen LogP contribution in [0.25, 0.3) is 0 Å². The minimum Gasteiger partial charge on any atom is -0.379 e. The molecule has 0 saturated carbocycles. The van der Waals surface area contributed by atoms with Gasteiger partial charge in [-0.3, -0.25) is 4.90 Å². The maximum absolute atomic E-state index is 5.19. The summed E-state index contributed by atoms with van der Waals surface area (Å²) in [5.41, 5.74) is 0.429. The van der Waals surface area contributed by atoms with Crippen molar-refractivity contribution in [2.24, 2.45) is 5.41 Å². The van der Waals surface area contributed by atoms with Gasteiger partial charge in [-0.2, -0.15) is 0 Å². The summed E-state index contributed by atoms with van der Waals surface area (Å²) in [6.45, 7) is 10.2. The van der Waals surface area contributed by atoms with Crippen LogP contribution in [-0.2, 0) is 4.74 Å². The summed E-state index contributed by atoms with van der Waals surface area (Å²) in [5.74, 6) is 0. The Kier molecular flexibility index (Phi) is 2.55. The molecule has 2 nitrogen and oxygen atoms in total. The van der Waals surface area contributed by atoms with Crippen molar-refractivity contribution in [3.05, 3.63) is 0 Å². The van der Waals surface area contributed by atoms with Crippen LogP contribution >= 0.6 is 0 Å². The lowest BCUT2D eigenvalue weighted by molar-refractivity contribution is -0.0417. The summed E-state index contributed by atoms with van der Waals surface area (Å²) in [5, 5.41) is 0. The SMILES string of the molecule is COC1CN(CC(C)(C)C)C1. The summed E-state index contributed by atoms with van der Waals surface area (Å²) >= 11 is 0. The van der Waals surface area contributed by atoms with E-state index in [1.807, 2.05) is 0 Å². The molecule has 0 atom stereocenters. The first-order valence-corrected chi connectivity index (χ1v) is 4.26. The van der Waals surface area contributed by atoms with Crippen molar-refractivity contribution in [1.29, 1.82) is 0 Å². The van der Waals surface area contributed by atoms with E-state index in [-0.39, 0.29) is 0 Å². The Bertz CT molecular complexity index is 122. The van der Waals surface area contributed by atoms with Crippen molar-refractivity contribution >= 4 is 0 Å². The predicted octanol–water partition coefficient (Wildman–Crippen LogP) is 1.36. The summed E-state index contributed by atoms with van der Waals surface area (Å²) in [7, 11) is 1.79. The van der Waals surface area contributed by atoms with Crippen LogP contribution in [0.5, 0.6) is 0 Å². The van der Waals surface area contributed by atoms with Gasteiger partial charge in [-0.25, -0.2) is 0 Å². The molecule has 0 N–H and O–H groups in total. The molecule has 0 unspecified atom stereocenters. The van der Waals surface area contributed by atoms with Crippen LogP contribution in [0.3, 0.4) is 0 Å². The minimum absolute atomic E-state index is 0.429. The molecule has 0 aromatic heterocycles. The van der Waals surface area contributed by atoms with Gasteiger partial charge in [0.1, 0.15) is 0 Å². The zero-order valence-electron chi connectivity index (χ0n) is 8.05. The smallest absolute Gasteiger partial charge is 0.0824 e. The lowest BCUT2D eigenvalue weighted by Crippen LogP contribution is -2.54. The lowest BCUT2D eigenvalue weighted by Gasteiger charge is -2.41. The number of hydrogen-bond acceptors (Lipinski definition) is 2. The number of ether oxygens (including phenoxy) is 1. The third-order valence-electron chi connectivity index (χ3n) is 1.95. The van der Waals surface area contributed by atoms with E-state index in [9.17, 15) is 0 Å². The van der Waals surface area contributed by atoms with Crippen molar-refractivity contribution in [1.82, 2.24) is 4.90 Å². The van der Waals surface area contributed by atoms with E-state index in [1.54, 1.807) is 7.11 Å². The molecular weight excluding hydrogens is 138 g/mol. The second-order valence-corrected chi connectivity index (χ2v) is 4.61. The topological polar surface area (TPSA) is 12.5 Å². The average Bonchev–Trinajstić information content (AvgIpc) is 1.75. The fourth-order valence-electron chi connectivity index (χ4n) is 1.47. The molecule has 66 valence electrons. The first kappa shape index (κ1) is 9.01. The van der Waals surface area contributed by atoms with E-state index in [0.29, 0.717) is 11.5 Å². The third kappa shape index (κ3) is 2.80. The molecule has 0 aromatic carbocycles. The van der Waals surface area contributed by atoms with E-state index in [0.717, 1.165) is 13.1 Å². The van der Waals surface area contributed by atoms with Gasteiger partial charge in [-0.15, -0.1) is 0 Å². The van der Waals surface area contributed by atoms with E-state index in [2.05, 4.69) is 25.7 Å². The summed E-state index contributed by atoms with van der Waals surface area (Å²) in [6, 6.07) is 0. The van der Waals surface area contributed by atoms with Crippen molar-refractivity contribution in [3.8, 4) is 0 Å². The standard InChI is InChI=1S/C9H19NO/c1-9(2,3)7-10-5-8(6-10)11-4/h8H,5-7H2,1-4H3. The largest absolute Gasteiger partial charge is 0.379 e. The summed E-state index contributed by atoms with van der Waals surface area (Å²) in [4.78, 5) is 2.44. The molecule has 2 heteroatoms. The molecule has 0 amide bonds. The Morgan fingerprint density at radius 1 is 1.36 bits per heavy atom. The molecule has 0 aromatic rings. The zero-order valence-corrected chi connectivity index (χ0v) is 8.05. The van der Waals surface area contributed by atoms with Gasteiger partial charge in [0.25, 0.3) is 0 Å². The summed E-state index contributed by atoms with van der Waals surface area (Å²) in [6.07, 6.45) is 0.498. The number of rotatable bonds is 2. The average molecular weight is 157 g/mol. The van der Waals surface area contributed by atoms with E-state index in [1.165, 1.54) is 6.54 Å². The molecule has 1 fully saturated rings.